The van der Waals surface area contributed by atoms with Crippen LogP contribution in [-0.2, 0) is 0 Å². The topological polar surface area (TPSA) is 70.5 Å². The maximum atomic E-state index is 12.2. The molecular formula is C11H9ClN2O3S2. The predicted octanol–water partition coefficient (Wildman–Crippen LogP) is 3.14. The number of carboxylic acid groups (broad SMARTS) is 1. The highest BCUT2D eigenvalue weighted by Gasteiger charge is 2.26. The van der Waals surface area contributed by atoms with Crippen LogP contribution in [0.2, 0.25) is 5.02 Å². The number of hydrogen-bond acceptors (Lipinski definition) is 5. The summed E-state index contributed by atoms with van der Waals surface area (Å²) in [5, 5.41) is 11.5. The van der Waals surface area contributed by atoms with E-state index in [0.29, 0.717) is 20.6 Å². The Morgan fingerprint density at radius 3 is 2.68 bits per heavy atom. The van der Waals surface area contributed by atoms with Crippen LogP contribution in [0.4, 0.5) is 5.00 Å². The number of nitrogens with zero attached hydrogens (tertiary/aromatic N) is 2. The van der Waals surface area contributed by atoms with Gasteiger partial charge in [0.1, 0.15) is 15.4 Å². The van der Waals surface area contributed by atoms with Crippen LogP contribution >= 0.6 is 34.5 Å². The largest absolute Gasteiger partial charge is 0.478 e. The quantitative estimate of drug-likeness (QED) is 0.944. The van der Waals surface area contributed by atoms with E-state index in [-0.39, 0.29) is 11.5 Å². The number of carbonyl (C=O) groups is 2. The Bertz CT molecular complexity index is 650. The number of aromatic nitrogens is 1. The second-order valence-corrected chi connectivity index (χ2v) is 5.79. The van der Waals surface area contributed by atoms with Crippen molar-refractivity contribution in [1.29, 1.82) is 0 Å². The Kier molecular flexibility index (Phi) is 3.88. The van der Waals surface area contributed by atoms with E-state index in [0.717, 1.165) is 11.5 Å². The summed E-state index contributed by atoms with van der Waals surface area (Å²) in [5.74, 6) is -1.44. The molecule has 0 saturated carbocycles. The molecule has 0 spiro atoms. The first-order valence-electron chi connectivity index (χ1n) is 5.14. The molecule has 100 valence electrons. The maximum absolute atomic E-state index is 12.2. The third-order valence-electron chi connectivity index (χ3n) is 2.48. The van der Waals surface area contributed by atoms with E-state index in [1.807, 2.05) is 0 Å². The van der Waals surface area contributed by atoms with Gasteiger partial charge in [0.15, 0.2) is 0 Å². The van der Waals surface area contributed by atoms with Gasteiger partial charge in [-0.2, -0.15) is 4.37 Å². The summed E-state index contributed by atoms with van der Waals surface area (Å²) in [4.78, 5) is 25.1. The molecule has 0 bridgehead atoms. The van der Waals surface area contributed by atoms with Gasteiger partial charge in [-0.1, -0.05) is 11.6 Å². The molecule has 0 aliphatic rings. The lowest BCUT2D eigenvalue weighted by Gasteiger charge is -2.15. The maximum Gasteiger partial charge on any atom is 0.340 e. The van der Waals surface area contributed by atoms with Gasteiger partial charge in [-0.3, -0.25) is 4.79 Å². The first-order valence-corrected chi connectivity index (χ1v) is 7.17. The molecule has 0 saturated heterocycles. The van der Waals surface area contributed by atoms with Crippen molar-refractivity contribution in [3.8, 4) is 0 Å². The van der Waals surface area contributed by atoms with Crippen molar-refractivity contribution < 1.29 is 14.7 Å². The second kappa shape index (κ2) is 5.28. The van der Waals surface area contributed by atoms with Crippen LogP contribution in [0.25, 0.3) is 0 Å². The number of rotatable bonds is 3. The van der Waals surface area contributed by atoms with Crippen LogP contribution in [0.1, 0.15) is 25.7 Å². The number of amides is 1. The number of carbonyl (C=O) groups excluding carboxylic acids is 1. The smallest absolute Gasteiger partial charge is 0.340 e. The molecule has 0 aliphatic carbocycles. The number of carboxylic acids is 1. The normalized spacial score (nSPS) is 10.5. The molecule has 0 atom stereocenters. The third-order valence-corrected chi connectivity index (χ3v) is 4.82. The third kappa shape index (κ3) is 2.49. The van der Waals surface area contributed by atoms with Crippen molar-refractivity contribution >= 4 is 51.3 Å². The first kappa shape index (κ1) is 14.0. The number of hydrogen-bond donors (Lipinski definition) is 1. The van der Waals surface area contributed by atoms with Gasteiger partial charge in [0.05, 0.1) is 10.7 Å². The van der Waals surface area contributed by atoms with Crippen LogP contribution in [0.15, 0.2) is 11.4 Å². The minimum atomic E-state index is -1.10. The van der Waals surface area contributed by atoms with E-state index in [9.17, 15) is 9.59 Å². The highest BCUT2D eigenvalue weighted by Crippen LogP contribution is 2.31. The van der Waals surface area contributed by atoms with Gasteiger partial charge in [-0.05, 0) is 29.9 Å². The van der Waals surface area contributed by atoms with Crippen molar-refractivity contribution in [1.82, 2.24) is 4.37 Å². The molecule has 5 nitrogen and oxygen atoms in total. The summed E-state index contributed by atoms with van der Waals surface area (Å²) < 4.78 is 3.98. The fourth-order valence-corrected chi connectivity index (χ4v) is 3.48. The van der Waals surface area contributed by atoms with E-state index in [2.05, 4.69) is 4.37 Å². The highest BCUT2D eigenvalue weighted by atomic mass is 35.5. The molecule has 2 aromatic rings. The van der Waals surface area contributed by atoms with Gasteiger partial charge in [-0.25, -0.2) is 4.79 Å². The van der Waals surface area contributed by atoms with Gasteiger partial charge >= 0.3 is 5.97 Å². The lowest BCUT2D eigenvalue weighted by molar-refractivity contribution is 0.0697. The summed E-state index contributed by atoms with van der Waals surface area (Å²) in [6.45, 7) is 1.60. The van der Waals surface area contributed by atoms with E-state index >= 15 is 0 Å². The number of anilines is 1. The van der Waals surface area contributed by atoms with Crippen LogP contribution in [0, 0.1) is 6.92 Å². The standard InChI is InChI=1S/C11H9ClN2O3S2/c1-5-7(11(16)17)10(19-13-5)14(2)9(15)8-6(12)3-4-18-8/h3-4H,1-2H3,(H,16,17). The minimum absolute atomic E-state index is 0.0496. The summed E-state index contributed by atoms with van der Waals surface area (Å²) in [7, 11) is 1.51. The van der Waals surface area contributed by atoms with Crippen molar-refractivity contribution in [2.45, 2.75) is 6.92 Å². The van der Waals surface area contributed by atoms with E-state index in [4.69, 9.17) is 16.7 Å². The molecule has 0 aromatic carbocycles. The van der Waals surface area contributed by atoms with Crippen LogP contribution in [0.5, 0.6) is 0 Å². The summed E-state index contributed by atoms with van der Waals surface area (Å²) in [6.07, 6.45) is 0. The number of thiophene rings is 1. The van der Waals surface area contributed by atoms with Crippen LogP contribution in [-0.4, -0.2) is 28.4 Å². The molecule has 0 fully saturated rings. The molecular weight excluding hydrogens is 308 g/mol. The summed E-state index contributed by atoms with van der Waals surface area (Å²) in [5.41, 5.74) is 0.443. The molecule has 0 aliphatic heterocycles. The first-order chi connectivity index (χ1) is 8.93. The molecule has 1 amide bonds. The van der Waals surface area contributed by atoms with E-state index < -0.39 is 5.97 Å². The van der Waals surface area contributed by atoms with E-state index in [1.54, 1.807) is 18.4 Å². The fourth-order valence-electron chi connectivity index (χ4n) is 1.52. The molecule has 2 aromatic heterocycles. The molecule has 0 radical (unpaired) electrons. The van der Waals surface area contributed by atoms with Crippen LogP contribution in [0.3, 0.4) is 0 Å². The molecule has 0 unspecified atom stereocenters. The lowest BCUT2D eigenvalue weighted by Crippen LogP contribution is -2.26. The van der Waals surface area contributed by atoms with Crippen LogP contribution < -0.4 is 4.90 Å². The van der Waals surface area contributed by atoms with Crippen molar-refractivity contribution in [3.63, 3.8) is 0 Å². The second-order valence-electron chi connectivity index (χ2n) is 3.72. The molecule has 1 N–H and O–H groups in total. The number of halogens is 1. The zero-order valence-corrected chi connectivity index (χ0v) is 12.4. The minimum Gasteiger partial charge on any atom is -0.478 e. The van der Waals surface area contributed by atoms with Gasteiger partial charge in [0.25, 0.3) is 5.91 Å². The van der Waals surface area contributed by atoms with Gasteiger partial charge in [0.2, 0.25) is 0 Å². The van der Waals surface area contributed by atoms with Gasteiger partial charge in [0, 0.05) is 7.05 Å². The fraction of sp³-hybridized carbons (Fsp3) is 0.182. The average Bonchev–Trinajstić information content (AvgIpc) is 2.93. The van der Waals surface area contributed by atoms with E-state index in [1.165, 1.54) is 23.3 Å². The zero-order chi connectivity index (χ0) is 14.2. The summed E-state index contributed by atoms with van der Waals surface area (Å²) in [6, 6.07) is 1.63. The molecule has 2 rings (SSSR count). The molecule has 2 heterocycles. The highest BCUT2D eigenvalue weighted by molar-refractivity contribution is 7.13. The predicted molar refractivity (Wildman–Crippen MR) is 75.9 cm³/mol. The monoisotopic (exact) mass is 316 g/mol. The van der Waals surface area contributed by atoms with Crippen molar-refractivity contribution in [3.05, 3.63) is 32.6 Å². The lowest BCUT2D eigenvalue weighted by atomic mass is 10.2. The van der Waals surface area contributed by atoms with Gasteiger partial charge < -0.3 is 10.0 Å². The van der Waals surface area contributed by atoms with Crippen molar-refractivity contribution in [2.24, 2.45) is 0 Å². The Balaban J connectivity index is 2.40. The molecule has 19 heavy (non-hydrogen) atoms. The Morgan fingerprint density at radius 1 is 1.47 bits per heavy atom. The number of aromatic carboxylic acids is 1. The Labute approximate surface area is 122 Å². The Morgan fingerprint density at radius 2 is 2.16 bits per heavy atom. The molecule has 8 heteroatoms. The van der Waals surface area contributed by atoms with Crippen molar-refractivity contribution in [2.75, 3.05) is 11.9 Å². The average molecular weight is 317 g/mol. The number of aryl methyl sites for hydroxylation is 1. The summed E-state index contributed by atoms with van der Waals surface area (Å²) >= 11 is 8.10. The Hall–Kier alpha value is -1.44. The zero-order valence-electron chi connectivity index (χ0n) is 10.0. The SMILES string of the molecule is Cc1nsc(N(C)C(=O)c2sccc2Cl)c1C(=O)O. The van der Waals surface area contributed by atoms with Gasteiger partial charge in [-0.15, -0.1) is 11.3 Å².